The molecule has 1 aliphatic rings. The Hall–Kier alpha value is -2.05. The first kappa shape index (κ1) is 15.8. The average molecular weight is 333 g/mol. The van der Waals surface area contributed by atoms with Crippen molar-refractivity contribution in [3.63, 3.8) is 0 Å². The van der Waals surface area contributed by atoms with E-state index in [4.69, 9.17) is 0 Å². The molecule has 4 nitrogen and oxygen atoms in total. The van der Waals surface area contributed by atoms with Gasteiger partial charge in [-0.1, -0.05) is 29.8 Å². The molecule has 0 amide bonds. The third-order valence-corrected chi connectivity index (χ3v) is 5.85. The molecule has 2 aromatic rings. The predicted octanol–water partition coefficient (Wildman–Crippen LogP) is 2.84. The van der Waals surface area contributed by atoms with E-state index in [1.54, 1.807) is 12.1 Å². The van der Waals surface area contributed by atoms with Crippen molar-refractivity contribution in [1.29, 1.82) is 0 Å². The number of nitrogens with zero attached hydrogens (tertiary/aromatic N) is 1. The van der Waals surface area contributed by atoms with E-state index in [0.717, 1.165) is 5.56 Å². The van der Waals surface area contributed by atoms with Gasteiger partial charge in [0.25, 0.3) is 0 Å². The minimum absolute atomic E-state index is 0.108. The molecule has 0 saturated carbocycles. The molecule has 23 heavy (non-hydrogen) atoms. The van der Waals surface area contributed by atoms with Gasteiger partial charge in [0, 0.05) is 6.42 Å². The lowest BCUT2D eigenvalue weighted by Crippen LogP contribution is -2.31. The molecule has 1 heterocycles. The number of Topliss-reactive ketones (excluding diaryl/α,β-unsaturated/α-hetero) is 1. The lowest BCUT2D eigenvalue weighted by molar-refractivity contribution is -0.116. The van der Waals surface area contributed by atoms with Gasteiger partial charge in [-0.05, 0) is 36.8 Å². The number of aryl methyl sites for hydroxylation is 1. The molecular weight excluding hydrogens is 317 g/mol. The van der Waals surface area contributed by atoms with Crippen molar-refractivity contribution in [3.05, 3.63) is 65.5 Å². The van der Waals surface area contributed by atoms with Crippen molar-refractivity contribution in [3.8, 4) is 0 Å². The van der Waals surface area contributed by atoms with Crippen LogP contribution in [-0.2, 0) is 14.8 Å². The zero-order chi connectivity index (χ0) is 16.6. The van der Waals surface area contributed by atoms with Gasteiger partial charge in [0.15, 0.2) is 0 Å². The van der Waals surface area contributed by atoms with Gasteiger partial charge < -0.3 is 0 Å². The van der Waals surface area contributed by atoms with Crippen LogP contribution in [0.1, 0.15) is 23.6 Å². The Morgan fingerprint density at radius 2 is 1.65 bits per heavy atom. The van der Waals surface area contributed by atoms with Crippen LogP contribution in [0, 0.1) is 12.7 Å². The second-order valence-electron chi connectivity index (χ2n) is 5.67. The SMILES string of the molecule is Cc1ccc(S(=O)(=O)N2CC(=O)CC2c2ccc(F)cc2)cc1. The van der Waals surface area contributed by atoms with Crippen LogP contribution in [0.3, 0.4) is 0 Å². The second kappa shape index (κ2) is 5.86. The van der Waals surface area contributed by atoms with Gasteiger partial charge >= 0.3 is 0 Å². The summed E-state index contributed by atoms with van der Waals surface area (Å²) in [4.78, 5) is 12.0. The number of sulfonamides is 1. The maximum absolute atomic E-state index is 13.1. The molecule has 1 fully saturated rings. The Bertz CT molecular complexity index is 829. The highest BCUT2D eigenvalue weighted by Crippen LogP contribution is 2.35. The van der Waals surface area contributed by atoms with Crippen molar-refractivity contribution in [2.45, 2.75) is 24.3 Å². The van der Waals surface area contributed by atoms with Crippen LogP contribution in [0.4, 0.5) is 4.39 Å². The second-order valence-corrected chi connectivity index (χ2v) is 7.56. The molecule has 120 valence electrons. The highest BCUT2D eigenvalue weighted by atomic mass is 32.2. The molecule has 6 heteroatoms. The van der Waals surface area contributed by atoms with E-state index in [9.17, 15) is 17.6 Å². The topological polar surface area (TPSA) is 54.5 Å². The number of halogens is 1. The maximum atomic E-state index is 13.1. The highest BCUT2D eigenvalue weighted by Gasteiger charge is 2.40. The van der Waals surface area contributed by atoms with E-state index < -0.39 is 21.9 Å². The smallest absolute Gasteiger partial charge is 0.244 e. The standard InChI is InChI=1S/C17H16FNO3S/c1-12-2-8-16(9-3-12)23(21,22)19-11-15(20)10-17(19)13-4-6-14(18)7-5-13/h2-9,17H,10-11H2,1H3. The quantitative estimate of drug-likeness (QED) is 0.868. The minimum Gasteiger partial charge on any atom is -0.298 e. The Balaban J connectivity index is 2.00. The first-order valence-electron chi connectivity index (χ1n) is 7.23. The van der Waals surface area contributed by atoms with Gasteiger partial charge in [0.05, 0.1) is 17.5 Å². The Morgan fingerprint density at radius 1 is 1.04 bits per heavy atom. The third-order valence-electron chi connectivity index (χ3n) is 3.98. The fraction of sp³-hybridized carbons (Fsp3) is 0.235. The number of hydrogen-bond donors (Lipinski definition) is 0. The van der Waals surface area contributed by atoms with Gasteiger partial charge in [-0.2, -0.15) is 4.31 Å². The average Bonchev–Trinajstić information content (AvgIpc) is 2.91. The molecule has 0 aromatic heterocycles. The summed E-state index contributed by atoms with van der Waals surface area (Å²) in [6.07, 6.45) is 0.108. The molecule has 2 aromatic carbocycles. The molecule has 0 spiro atoms. The van der Waals surface area contributed by atoms with E-state index in [0.29, 0.717) is 5.56 Å². The Kier molecular flexibility index (Phi) is 4.04. The zero-order valence-corrected chi connectivity index (χ0v) is 13.4. The zero-order valence-electron chi connectivity index (χ0n) is 12.6. The molecule has 0 bridgehead atoms. The monoisotopic (exact) mass is 333 g/mol. The molecule has 0 aliphatic carbocycles. The number of rotatable bonds is 3. The fourth-order valence-electron chi connectivity index (χ4n) is 2.73. The summed E-state index contributed by atoms with van der Waals surface area (Å²) in [5.41, 5.74) is 1.57. The summed E-state index contributed by atoms with van der Waals surface area (Å²) in [6.45, 7) is 1.72. The number of hydrogen-bond acceptors (Lipinski definition) is 3. The van der Waals surface area contributed by atoms with Crippen LogP contribution in [-0.4, -0.2) is 25.1 Å². The maximum Gasteiger partial charge on any atom is 0.244 e. The Labute approximate surface area is 134 Å². The van der Waals surface area contributed by atoms with E-state index >= 15 is 0 Å². The minimum atomic E-state index is -3.78. The molecule has 1 aliphatic heterocycles. The van der Waals surface area contributed by atoms with Crippen molar-refractivity contribution in [2.24, 2.45) is 0 Å². The van der Waals surface area contributed by atoms with Crippen LogP contribution in [0.5, 0.6) is 0 Å². The molecule has 0 N–H and O–H groups in total. The lowest BCUT2D eigenvalue weighted by atomic mass is 10.1. The number of carbonyl (C=O) groups excluding carboxylic acids is 1. The van der Waals surface area contributed by atoms with Crippen LogP contribution in [0.2, 0.25) is 0 Å². The van der Waals surface area contributed by atoms with E-state index in [-0.39, 0.29) is 23.6 Å². The van der Waals surface area contributed by atoms with Gasteiger partial charge in [-0.25, -0.2) is 12.8 Å². The van der Waals surface area contributed by atoms with Crippen molar-refractivity contribution >= 4 is 15.8 Å². The number of benzene rings is 2. The van der Waals surface area contributed by atoms with Gasteiger partial charge in [-0.15, -0.1) is 0 Å². The van der Waals surface area contributed by atoms with Crippen LogP contribution < -0.4 is 0 Å². The lowest BCUT2D eigenvalue weighted by Gasteiger charge is -2.23. The molecular formula is C17H16FNO3S. The first-order chi connectivity index (χ1) is 10.9. The van der Waals surface area contributed by atoms with Crippen molar-refractivity contribution in [2.75, 3.05) is 6.54 Å². The highest BCUT2D eigenvalue weighted by molar-refractivity contribution is 7.89. The fourth-order valence-corrected chi connectivity index (χ4v) is 4.33. The van der Waals surface area contributed by atoms with Crippen LogP contribution in [0.15, 0.2) is 53.4 Å². The van der Waals surface area contributed by atoms with Crippen molar-refractivity contribution < 1.29 is 17.6 Å². The van der Waals surface area contributed by atoms with E-state index in [2.05, 4.69) is 0 Å². The van der Waals surface area contributed by atoms with E-state index in [1.807, 2.05) is 6.92 Å². The molecule has 0 radical (unpaired) electrons. The van der Waals surface area contributed by atoms with Gasteiger partial charge in [0.2, 0.25) is 10.0 Å². The van der Waals surface area contributed by atoms with Gasteiger partial charge in [0.1, 0.15) is 11.6 Å². The summed E-state index contributed by atoms with van der Waals surface area (Å²) in [7, 11) is -3.78. The number of ketones is 1. The summed E-state index contributed by atoms with van der Waals surface area (Å²) < 4.78 is 40.0. The molecule has 3 rings (SSSR count). The Morgan fingerprint density at radius 3 is 2.26 bits per heavy atom. The third kappa shape index (κ3) is 3.04. The summed E-state index contributed by atoms with van der Waals surface area (Å²) >= 11 is 0. The van der Waals surface area contributed by atoms with E-state index in [1.165, 1.54) is 40.7 Å². The molecule has 1 atom stereocenters. The molecule has 1 unspecified atom stereocenters. The number of carbonyl (C=O) groups is 1. The largest absolute Gasteiger partial charge is 0.298 e. The first-order valence-corrected chi connectivity index (χ1v) is 8.67. The van der Waals surface area contributed by atoms with Gasteiger partial charge in [-0.3, -0.25) is 4.79 Å². The van der Waals surface area contributed by atoms with Crippen LogP contribution >= 0.6 is 0 Å². The summed E-state index contributed by atoms with van der Waals surface area (Å²) in [6, 6.07) is 11.5. The normalized spacial score (nSPS) is 19.2. The van der Waals surface area contributed by atoms with Crippen molar-refractivity contribution in [1.82, 2.24) is 4.31 Å². The summed E-state index contributed by atoms with van der Waals surface area (Å²) in [5.74, 6) is -0.541. The summed E-state index contributed by atoms with van der Waals surface area (Å²) in [5, 5.41) is 0. The molecule has 1 saturated heterocycles. The van der Waals surface area contributed by atoms with Crippen LogP contribution in [0.25, 0.3) is 0 Å². The predicted molar refractivity (Wildman–Crippen MR) is 83.8 cm³/mol.